The molecule has 0 spiro atoms. The summed E-state index contributed by atoms with van der Waals surface area (Å²) in [6, 6.07) is 2.42. The van der Waals surface area contributed by atoms with Crippen molar-refractivity contribution in [3.05, 3.63) is 24.2 Å². The van der Waals surface area contributed by atoms with Gasteiger partial charge in [-0.15, -0.1) is 0 Å². The Morgan fingerprint density at radius 2 is 2.41 bits per heavy atom. The van der Waals surface area contributed by atoms with Crippen LogP contribution in [0.15, 0.2) is 23.0 Å². The quantitative estimate of drug-likeness (QED) is 0.610. The first-order valence-corrected chi connectivity index (χ1v) is 6.80. The molecule has 17 heavy (non-hydrogen) atoms. The summed E-state index contributed by atoms with van der Waals surface area (Å²) in [5.41, 5.74) is 4.26. The molecule has 1 aliphatic rings. The maximum atomic E-state index is 5.73. The maximum Gasteiger partial charge on any atom is 0.0935 e. The molecule has 3 unspecified atom stereocenters. The van der Waals surface area contributed by atoms with Crippen molar-refractivity contribution in [2.75, 3.05) is 0 Å². The van der Waals surface area contributed by atoms with Gasteiger partial charge in [0.05, 0.1) is 12.5 Å². The van der Waals surface area contributed by atoms with Crippen molar-refractivity contribution in [2.45, 2.75) is 51.5 Å². The molecule has 1 fully saturated rings. The van der Waals surface area contributed by atoms with Gasteiger partial charge in [0.25, 0.3) is 0 Å². The van der Waals surface area contributed by atoms with Crippen molar-refractivity contribution in [1.82, 2.24) is 5.43 Å². The normalized spacial score (nSPS) is 26.9. The van der Waals surface area contributed by atoms with Gasteiger partial charge in [0, 0.05) is 6.04 Å². The SMILES string of the molecule is CCC1CCCC(C(Cc2ccoc2)NN)C1. The zero-order chi connectivity index (χ0) is 12.1. The van der Waals surface area contributed by atoms with Crippen LogP contribution in [-0.2, 0) is 6.42 Å². The molecule has 1 saturated carbocycles. The molecule has 0 radical (unpaired) electrons. The maximum absolute atomic E-state index is 5.73. The highest BCUT2D eigenvalue weighted by Gasteiger charge is 2.27. The first kappa shape index (κ1) is 12.7. The summed E-state index contributed by atoms with van der Waals surface area (Å²) < 4.78 is 5.12. The van der Waals surface area contributed by atoms with Crippen LogP contribution in [0.4, 0.5) is 0 Å². The summed E-state index contributed by atoms with van der Waals surface area (Å²) in [4.78, 5) is 0. The lowest BCUT2D eigenvalue weighted by Crippen LogP contribution is -2.44. The van der Waals surface area contributed by atoms with E-state index in [0.717, 1.165) is 12.3 Å². The van der Waals surface area contributed by atoms with Crippen LogP contribution in [0, 0.1) is 11.8 Å². The number of hydrogen-bond donors (Lipinski definition) is 2. The van der Waals surface area contributed by atoms with Crippen molar-refractivity contribution >= 4 is 0 Å². The van der Waals surface area contributed by atoms with Gasteiger partial charge in [-0.2, -0.15) is 0 Å². The van der Waals surface area contributed by atoms with E-state index in [-0.39, 0.29) is 0 Å². The van der Waals surface area contributed by atoms with Gasteiger partial charge in [-0.3, -0.25) is 11.3 Å². The fourth-order valence-electron chi connectivity index (χ4n) is 3.09. The van der Waals surface area contributed by atoms with Crippen LogP contribution in [0.3, 0.4) is 0 Å². The van der Waals surface area contributed by atoms with E-state index in [1.54, 1.807) is 6.26 Å². The first-order valence-electron chi connectivity index (χ1n) is 6.80. The van der Waals surface area contributed by atoms with E-state index in [1.807, 2.05) is 12.3 Å². The second kappa shape index (κ2) is 6.22. The Bertz CT molecular complexity index is 310. The Balaban J connectivity index is 1.93. The minimum atomic E-state index is 0.391. The van der Waals surface area contributed by atoms with E-state index < -0.39 is 0 Å². The van der Waals surface area contributed by atoms with E-state index in [0.29, 0.717) is 12.0 Å². The molecule has 0 bridgehead atoms. The average Bonchev–Trinajstić information content (AvgIpc) is 2.89. The van der Waals surface area contributed by atoms with E-state index in [1.165, 1.54) is 37.7 Å². The van der Waals surface area contributed by atoms with Gasteiger partial charge in [0.2, 0.25) is 0 Å². The summed E-state index contributed by atoms with van der Waals surface area (Å²) in [6.45, 7) is 2.30. The van der Waals surface area contributed by atoms with Gasteiger partial charge in [-0.1, -0.05) is 26.2 Å². The van der Waals surface area contributed by atoms with Crippen molar-refractivity contribution in [1.29, 1.82) is 0 Å². The molecule has 0 saturated heterocycles. The smallest absolute Gasteiger partial charge is 0.0935 e. The van der Waals surface area contributed by atoms with Gasteiger partial charge in [-0.05, 0) is 42.7 Å². The van der Waals surface area contributed by atoms with Crippen LogP contribution in [0.5, 0.6) is 0 Å². The third kappa shape index (κ3) is 3.33. The summed E-state index contributed by atoms with van der Waals surface area (Å²) in [6.07, 6.45) is 11.2. The van der Waals surface area contributed by atoms with Crippen molar-refractivity contribution in [3.8, 4) is 0 Å². The first-order chi connectivity index (χ1) is 8.33. The molecule has 1 aliphatic carbocycles. The predicted molar refractivity (Wildman–Crippen MR) is 69.3 cm³/mol. The molecule has 0 aromatic carbocycles. The fourth-order valence-corrected chi connectivity index (χ4v) is 3.09. The highest BCUT2D eigenvalue weighted by Crippen LogP contribution is 2.33. The molecule has 96 valence electrons. The average molecular weight is 236 g/mol. The van der Waals surface area contributed by atoms with Gasteiger partial charge >= 0.3 is 0 Å². The van der Waals surface area contributed by atoms with Crippen LogP contribution < -0.4 is 11.3 Å². The number of furan rings is 1. The monoisotopic (exact) mass is 236 g/mol. The van der Waals surface area contributed by atoms with Gasteiger partial charge < -0.3 is 4.42 Å². The molecule has 3 heteroatoms. The lowest BCUT2D eigenvalue weighted by atomic mass is 9.76. The Kier molecular flexibility index (Phi) is 4.63. The van der Waals surface area contributed by atoms with Gasteiger partial charge in [0.1, 0.15) is 0 Å². The highest BCUT2D eigenvalue weighted by atomic mass is 16.3. The molecule has 3 atom stereocenters. The van der Waals surface area contributed by atoms with E-state index in [4.69, 9.17) is 10.3 Å². The van der Waals surface area contributed by atoms with Crippen LogP contribution in [-0.4, -0.2) is 6.04 Å². The molecular weight excluding hydrogens is 212 g/mol. The van der Waals surface area contributed by atoms with E-state index in [9.17, 15) is 0 Å². The molecule has 1 heterocycles. The second-order valence-electron chi connectivity index (χ2n) is 5.31. The molecule has 0 aliphatic heterocycles. The molecule has 1 aromatic rings. The largest absolute Gasteiger partial charge is 0.472 e. The predicted octanol–water partition coefficient (Wildman–Crippen LogP) is 2.87. The van der Waals surface area contributed by atoms with Crippen LogP contribution in [0.25, 0.3) is 0 Å². The molecule has 1 aromatic heterocycles. The van der Waals surface area contributed by atoms with E-state index >= 15 is 0 Å². The van der Waals surface area contributed by atoms with Crippen LogP contribution in [0.2, 0.25) is 0 Å². The molecule has 3 nitrogen and oxygen atoms in total. The van der Waals surface area contributed by atoms with Gasteiger partial charge in [0.15, 0.2) is 0 Å². The zero-order valence-electron chi connectivity index (χ0n) is 10.7. The van der Waals surface area contributed by atoms with Crippen LogP contribution >= 0.6 is 0 Å². The van der Waals surface area contributed by atoms with Crippen molar-refractivity contribution in [2.24, 2.45) is 17.7 Å². The second-order valence-corrected chi connectivity index (χ2v) is 5.31. The summed E-state index contributed by atoms with van der Waals surface area (Å²) in [7, 11) is 0. The minimum absolute atomic E-state index is 0.391. The van der Waals surface area contributed by atoms with Crippen molar-refractivity contribution < 1.29 is 4.42 Å². The number of rotatable bonds is 5. The Hall–Kier alpha value is -0.800. The standard InChI is InChI=1S/C14H24N2O/c1-2-11-4-3-5-13(8-11)14(16-15)9-12-6-7-17-10-12/h6-7,10-11,13-14,16H,2-5,8-9,15H2,1H3. The highest BCUT2D eigenvalue weighted by molar-refractivity contribution is 5.08. The number of hydrogen-bond acceptors (Lipinski definition) is 3. The molecule has 0 amide bonds. The van der Waals surface area contributed by atoms with Crippen LogP contribution in [0.1, 0.15) is 44.6 Å². The Morgan fingerprint density at radius 3 is 3.06 bits per heavy atom. The van der Waals surface area contributed by atoms with E-state index in [2.05, 4.69) is 12.3 Å². The number of nitrogens with one attached hydrogen (secondary N) is 1. The zero-order valence-corrected chi connectivity index (χ0v) is 10.7. The summed E-state index contributed by atoms with van der Waals surface area (Å²) in [5, 5.41) is 0. The number of nitrogens with two attached hydrogens (primary N) is 1. The lowest BCUT2D eigenvalue weighted by molar-refractivity contribution is 0.208. The van der Waals surface area contributed by atoms with Crippen molar-refractivity contribution in [3.63, 3.8) is 0 Å². The summed E-state index contributed by atoms with van der Waals surface area (Å²) >= 11 is 0. The molecular formula is C14H24N2O. The molecule has 3 N–H and O–H groups in total. The lowest BCUT2D eigenvalue weighted by Gasteiger charge is -2.33. The topological polar surface area (TPSA) is 51.2 Å². The third-order valence-corrected chi connectivity index (χ3v) is 4.22. The fraction of sp³-hybridized carbons (Fsp3) is 0.714. The summed E-state index contributed by atoms with van der Waals surface area (Å²) in [5.74, 6) is 7.34. The minimum Gasteiger partial charge on any atom is -0.472 e. The Labute approximate surface area is 104 Å². The Morgan fingerprint density at radius 1 is 1.53 bits per heavy atom. The number of hydrazine groups is 1. The molecule has 2 rings (SSSR count). The third-order valence-electron chi connectivity index (χ3n) is 4.22. The van der Waals surface area contributed by atoms with Gasteiger partial charge in [-0.25, -0.2) is 0 Å².